The van der Waals surface area contributed by atoms with Crippen molar-refractivity contribution in [3.8, 4) is 11.1 Å². The van der Waals surface area contributed by atoms with Gasteiger partial charge in [-0.15, -0.1) is 0 Å². The molecule has 1 unspecified atom stereocenters. The largest absolute Gasteiger partial charge is 0.463 e. The number of fused-ring (bicyclic) bond motifs is 3. The van der Waals surface area contributed by atoms with Crippen molar-refractivity contribution in [2.75, 3.05) is 39.4 Å². The number of aliphatic hydroxyl groups excluding tert-OH is 1. The molecule has 0 bridgehead atoms. The summed E-state index contributed by atoms with van der Waals surface area (Å²) < 4.78 is 5.75. The average Bonchev–Trinajstić information content (AvgIpc) is 3.01. The van der Waals surface area contributed by atoms with E-state index in [-0.39, 0.29) is 24.5 Å². The first-order valence-electron chi connectivity index (χ1n) is 9.20. The zero-order chi connectivity index (χ0) is 17.9. The first-order valence-corrected chi connectivity index (χ1v) is 9.20. The lowest BCUT2D eigenvalue weighted by atomic mass is 9.98. The Bertz CT molecular complexity index is 745. The summed E-state index contributed by atoms with van der Waals surface area (Å²) in [5.41, 5.74) is 4.89. The Morgan fingerprint density at radius 1 is 1.12 bits per heavy atom. The summed E-state index contributed by atoms with van der Waals surface area (Å²) in [5, 5.41) is 12.5. The van der Waals surface area contributed by atoms with Crippen molar-refractivity contribution in [3.63, 3.8) is 0 Å². The van der Waals surface area contributed by atoms with Crippen LogP contribution in [-0.4, -0.2) is 61.4 Å². The quantitative estimate of drug-likeness (QED) is 0.801. The maximum absolute atomic E-state index is 12.7. The highest BCUT2D eigenvalue weighted by molar-refractivity contribution is 5.80. The topological polar surface area (TPSA) is 61.8 Å². The van der Waals surface area contributed by atoms with Gasteiger partial charge in [-0.05, 0) is 22.3 Å². The third-order valence-corrected chi connectivity index (χ3v) is 5.37. The van der Waals surface area contributed by atoms with Gasteiger partial charge in [-0.1, -0.05) is 48.5 Å². The minimum Gasteiger partial charge on any atom is -0.463 e. The number of nitrogens with one attached hydrogen (secondary N) is 1. The van der Waals surface area contributed by atoms with E-state index in [0.717, 1.165) is 13.1 Å². The third kappa shape index (κ3) is 3.14. The number of rotatable bonds is 5. The van der Waals surface area contributed by atoms with Crippen molar-refractivity contribution in [2.45, 2.75) is 12.0 Å². The number of benzene rings is 2. The summed E-state index contributed by atoms with van der Waals surface area (Å²) in [7, 11) is 0. The molecule has 2 aromatic rings. The van der Waals surface area contributed by atoms with Gasteiger partial charge in [0.1, 0.15) is 12.6 Å². The molecule has 1 heterocycles. The molecule has 4 rings (SSSR count). The third-order valence-electron chi connectivity index (χ3n) is 5.37. The van der Waals surface area contributed by atoms with Crippen molar-refractivity contribution in [3.05, 3.63) is 59.7 Å². The lowest BCUT2D eigenvalue weighted by Crippen LogP contribution is -2.56. The molecule has 0 saturated carbocycles. The van der Waals surface area contributed by atoms with Gasteiger partial charge in [0, 0.05) is 32.1 Å². The number of ether oxygens (including phenoxy) is 1. The van der Waals surface area contributed by atoms with Gasteiger partial charge in [0.15, 0.2) is 0 Å². The van der Waals surface area contributed by atoms with Crippen LogP contribution in [0.15, 0.2) is 48.5 Å². The summed E-state index contributed by atoms with van der Waals surface area (Å²) >= 11 is 0. The maximum Gasteiger partial charge on any atom is 0.324 e. The number of β-amino-alcohol motifs (C(OH)–C–C–N with tert-alkyl or cyclic N) is 1. The van der Waals surface area contributed by atoms with Gasteiger partial charge in [-0.3, -0.25) is 9.69 Å². The number of carbonyl (C=O) groups is 1. The zero-order valence-corrected chi connectivity index (χ0v) is 14.7. The van der Waals surface area contributed by atoms with Crippen molar-refractivity contribution in [1.29, 1.82) is 0 Å². The van der Waals surface area contributed by atoms with Gasteiger partial charge in [0.2, 0.25) is 0 Å². The van der Waals surface area contributed by atoms with Gasteiger partial charge in [0.05, 0.1) is 6.61 Å². The van der Waals surface area contributed by atoms with Crippen LogP contribution in [0.2, 0.25) is 0 Å². The Labute approximate surface area is 153 Å². The number of hydrogen-bond acceptors (Lipinski definition) is 5. The Balaban J connectivity index is 1.50. The van der Waals surface area contributed by atoms with Crippen LogP contribution in [0, 0.1) is 0 Å². The highest BCUT2D eigenvalue weighted by Crippen LogP contribution is 2.44. The molecule has 0 aromatic heterocycles. The minimum absolute atomic E-state index is 0.0488. The van der Waals surface area contributed by atoms with E-state index in [9.17, 15) is 9.90 Å². The predicted molar refractivity (Wildman–Crippen MR) is 100.0 cm³/mol. The van der Waals surface area contributed by atoms with Crippen LogP contribution in [0.4, 0.5) is 0 Å². The number of nitrogens with zero attached hydrogens (tertiary/aromatic N) is 1. The molecule has 0 radical (unpaired) electrons. The van der Waals surface area contributed by atoms with Gasteiger partial charge in [-0.2, -0.15) is 0 Å². The van der Waals surface area contributed by atoms with Crippen LogP contribution in [0.1, 0.15) is 17.0 Å². The van der Waals surface area contributed by atoms with Crippen LogP contribution >= 0.6 is 0 Å². The van der Waals surface area contributed by atoms with Gasteiger partial charge in [0.25, 0.3) is 0 Å². The minimum atomic E-state index is -0.331. The molecule has 1 saturated heterocycles. The summed E-state index contributed by atoms with van der Waals surface area (Å²) in [6, 6.07) is 16.3. The second-order valence-electron chi connectivity index (χ2n) is 6.84. The summed E-state index contributed by atoms with van der Waals surface area (Å²) in [5.74, 6) is -0.137. The van der Waals surface area contributed by atoms with Crippen LogP contribution in [0.5, 0.6) is 0 Å². The van der Waals surface area contributed by atoms with E-state index in [2.05, 4.69) is 29.6 Å². The zero-order valence-electron chi connectivity index (χ0n) is 14.7. The average molecular weight is 352 g/mol. The molecule has 1 fully saturated rings. The number of aliphatic hydroxyl groups is 1. The Morgan fingerprint density at radius 3 is 2.42 bits per heavy atom. The number of carbonyl (C=O) groups excluding carboxylic acids is 1. The van der Waals surface area contributed by atoms with E-state index < -0.39 is 0 Å². The maximum atomic E-state index is 12.7. The van der Waals surface area contributed by atoms with Crippen molar-refractivity contribution in [1.82, 2.24) is 10.2 Å². The fourth-order valence-corrected chi connectivity index (χ4v) is 4.08. The van der Waals surface area contributed by atoms with Crippen molar-refractivity contribution >= 4 is 5.97 Å². The van der Waals surface area contributed by atoms with E-state index in [1.165, 1.54) is 22.3 Å². The van der Waals surface area contributed by atoms with E-state index in [1.807, 2.05) is 29.2 Å². The summed E-state index contributed by atoms with van der Waals surface area (Å²) in [6.07, 6.45) is 0. The highest BCUT2D eigenvalue weighted by atomic mass is 16.5. The van der Waals surface area contributed by atoms with Crippen molar-refractivity contribution < 1.29 is 14.6 Å². The summed E-state index contributed by atoms with van der Waals surface area (Å²) in [4.78, 5) is 14.7. The molecule has 2 aliphatic rings. The molecule has 26 heavy (non-hydrogen) atoms. The fraction of sp³-hybridized carbons (Fsp3) is 0.381. The van der Waals surface area contributed by atoms with Crippen LogP contribution in [0.25, 0.3) is 11.1 Å². The van der Waals surface area contributed by atoms with Crippen LogP contribution in [-0.2, 0) is 9.53 Å². The molecule has 5 nitrogen and oxygen atoms in total. The SMILES string of the molecule is O=C(OCC1c2ccccc2-c2ccccc21)C1CNCCN1CCO. The van der Waals surface area contributed by atoms with Crippen molar-refractivity contribution in [2.24, 2.45) is 0 Å². The van der Waals surface area contributed by atoms with Crippen LogP contribution < -0.4 is 5.32 Å². The predicted octanol–water partition coefficient (Wildman–Crippen LogP) is 1.61. The fourth-order valence-electron chi connectivity index (χ4n) is 4.08. The molecule has 0 amide bonds. The highest BCUT2D eigenvalue weighted by Gasteiger charge is 2.32. The molecular formula is C21H24N2O3. The number of esters is 1. The standard InChI is InChI=1S/C21H24N2O3/c24-12-11-23-10-9-22-13-20(23)21(25)26-14-19-17-7-3-1-5-15(17)16-6-2-4-8-18(16)19/h1-8,19-20,22,24H,9-14H2. The number of hydrogen-bond donors (Lipinski definition) is 2. The van der Waals surface area contributed by atoms with Gasteiger partial charge in [-0.25, -0.2) is 0 Å². The van der Waals surface area contributed by atoms with Gasteiger partial charge >= 0.3 is 5.97 Å². The Kier molecular flexibility index (Phi) is 5.02. The Morgan fingerprint density at radius 2 is 1.77 bits per heavy atom. The molecule has 2 aromatic carbocycles. The normalized spacial score (nSPS) is 19.8. The van der Waals surface area contributed by atoms with E-state index in [1.54, 1.807) is 0 Å². The van der Waals surface area contributed by atoms with Gasteiger partial charge < -0.3 is 15.2 Å². The smallest absolute Gasteiger partial charge is 0.324 e. The monoisotopic (exact) mass is 352 g/mol. The molecule has 1 aliphatic heterocycles. The van der Waals surface area contributed by atoms with E-state index in [0.29, 0.717) is 19.7 Å². The molecule has 1 atom stereocenters. The van der Waals surface area contributed by atoms with Crippen LogP contribution in [0.3, 0.4) is 0 Å². The first kappa shape index (κ1) is 17.2. The first-order chi connectivity index (χ1) is 12.8. The lowest BCUT2D eigenvalue weighted by Gasteiger charge is -2.34. The summed E-state index contributed by atoms with van der Waals surface area (Å²) in [6.45, 7) is 3.03. The molecule has 2 N–H and O–H groups in total. The molecular weight excluding hydrogens is 328 g/mol. The number of piperazine rings is 1. The molecule has 1 aliphatic carbocycles. The lowest BCUT2D eigenvalue weighted by molar-refractivity contribution is -0.151. The Hall–Kier alpha value is -2.21. The molecule has 136 valence electrons. The van der Waals surface area contributed by atoms with E-state index in [4.69, 9.17) is 4.74 Å². The second-order valence-corrected chi connectivity index (χ2v) is 6.84. The molecule has 5 heteroatoms. The second kappa shape index (κ2) is 7.58. The van der Waals surface area contributed by atoms with E-state index >= 15 is 0 Å². The molecule has 0 spiro atoms.